The average Bonchev–Trinajstić information content (AvgIpc) is 3.41. The van der Waals surface area contributed by atoms with Gasteiger partial charge in [0.1, 0.15) is 12.4 Å². The zero-order valence-corrected chi connectivity index (χ0v) is 13.7. The first-order chi connectivity index (χ1) is 11.3. The average molecular weight is 317 g/mol. The van der Waals surface area contributed by atoms with Gasteiger partial charge in [-0.2, -0.15) is 0 Å². The van der Waals surface area contributed by atoms with E-state index < -0.39 is 0 Å². The second-order valence-corrected chi connectivity index (χ2v) is 6.46. The van der Waals surface area contributed by atoms with Crippen molar-refractivity contribution in [2.75, 3.05) is 52.4 Å². The van der Waals surface area contributed by atoms with Crippen molar-refractivity contribution in [3.63, 3.8) is 0 Å². The highest BCUT2D eigenvalue weighted by molar-refractivity contribution is 5.78. The second kappa shape index (κ2) is 8.31. The normalized spacial score (nSPS) is 18.9. The molecule has 5 nitrogen and oxygen atoms in total. The summed E-state index contributed by atoms with van der Waals surface area (Å²) in [5.74, 6) is 1.98. The lowest BCUT2D eigenvalue weighted by Gasteiger charge is -2.34. The molecule has 1 aromatic carbocycles. The Morgan fingerprint density at radius 3 is 2.57 bits per heavy atom. The van der Waals surface area contributed by atoms with Crippen molar-refractivity contribution in [3.8, 4) is 5.75 Å². The molecule has 1 aromatic rings. The number of para-hydroxylation sites is 1. The van der Waals surface area contributed by atoms with Crippen molar-refractivity contribution < 1.29 is 9.53 Å². The summed E-state index contributed by atoms with van der Waals surface area (Å²) >= 11 is 0. The van der Waals surface area contributed by atoms with Crippen LogP contribution in [0.3, 0.4) is 0 Å². The van der Waals surface area contributed by atoms with E-state index in [1.54, 1.807) is 0 Å². The number of ether oxygens (including phenoxy) is 1. The van der Waals surface area contributed by atoms with Crippen LogP contribution in [-0.2, 0) is 4.79 Å². The van der Waals surface area contributed by atoms with Gasteiger partial charge in [-0.3, -0.25) is 9.69 Å². The highest BCUT2D eigenvalue weighted by Gasteiger charge is 2.23. The molecule has 1 saturated heterocycles. The number of nitrogens with zero attached hydrogens (tertiary/aromatic N) is 2. The molecular weight excluding hydrogens is 290 g/mol. The smallest absolute Gasteiger partial charge is 0.236 e. The molecule has 2 fully saturated rings. The van der Waals surface area contributed by atoms with Crippen LogP contribution in [0.25, 0.3) is 0 Å². The molecule has 23 heavy (non-hydrogen) atoms. The molecule has 1 amide bonds. The van der Waals surface area contributed by atoms with Gasteiger partial charge in [0.15, 0.2) is 0 Å². The Morgan fingerprint density at radius 2 is 1.87 bits per heavy atom. The third kappa shape index (κ3) is 5.52. The maximum Gasteiger partial charge on any atom is 0.236 e. The molecule has 1 aliphatic carbocycles. The van der Waals surface area contributed by atoms with Gasteiger partial charge in [0.05, 0.1) is 6.54 Å². The molecule has 1 saturated carbocycles. The van der Waals surface area contributed by atoms with Crippen molar-refractivity contribution in [3.05, 3.63) is 30.3 Å². The second-order valence-electron chi connectivity index (χ2n) is 6.46. The number of benzene rings is 1. The fraction of sp³-hybridized carbons (Fsp3) is 0.611. The summed E-state index contributed by atoms with van der Waals surface area (Å²) in [5, 5.41) is 3.28. The summed E-state index contributed by atoms with van der Waals surface area (Å²) in [6.07, 6.45) is 2.65. The molecule has 1 N–H and O–H groups in total. The topological polar surface area (TPSA) is 44.8 Å². The summed E-state index contributed by atoms with van der Waals surface area (Å²) in [7, 11) is 0. The van der Waals surface area contributed by atoms with Crippen molar-refractivity contribution in [1.29, 1.82) is 0 Å². The van der Waals surface area contributed by atoms with Gasteiger partial charge in [-0.1, -0.05) is 18.2 Å². The van der Waals surface area contributed by atoms with E-state index >= 15 is 0 Å². The predicted molar refractivity (Wildman–Crippen MR) is 90.6 cm³/mol. The van der Waals surface area contributed by atoms with Gasteiger partial charge in [0.25, 0.3) is 0 Å². The van der Waals surface area contributed by atoms with Crippen LogP contribution in [0.2, 0.25) is 0 Å². The molecule has 1 heterocycles. The molecule has 0 atom stereocenters. The number of carbonyl (C=O) groups excluding carboxylic acids is 1. The highest BCUT2D eigenvalue weighted by atomic mass is 16.5. The van der Waals surface area contributed by atoms with Crippen molar-refractivity contribution in [1.82, 2.24) is 15.1 Å². The monoisotopic (exact) mass is 317 g/mol. The van der Waals surface area contributed by atoms with Crippen LogP contribution in [-0.4, -0.2) is 68.1 Å². The molecule has 2 aliphatic rings. The molecule has 0 bridgehead atoms. The summed E-state index contributed by atoms with van der Waals surface area (Å²) < 4.78 is 5.73. The van der Waals surface area contributed by atoms with E-state index in [0.717, 1.165) is 50.9 Å². The minimum Gasteiger partial charge on any atom is -0.492 e. The molecule has 126 valence electrons. The quantitative estimate of drug-likeness (QED) is 0.783. The molecule has 5 heteroatoms. The summed E-state index contributed by atoms with van der Waals surface area (Å²) in [6.45, 7) is 6.64. The van der Waals surface area contributed by atoms with Gasteiger partial charge in [-0.25, -0.2) is 0 Å². The van der Waals surface area contributed by atoms with Crippen LogP contribution in [0.15, 0.2) is 30.3 Å². The van der Waals surface area contributed by atoms with E-state index in [1.165, 1.54) is 12.8 Å². The number of amides is 1. The first-order valence-electron chi connectivity index (χ1n) is 8.70. The number of nitrogens with one attached hydrogen (secondary N) is 1. The Hall–Kier alpha value is -1.59. The van der Waals surface area contributed by atoms with Crippen LogP contribution in [0.4, 0.5) is 0 Å². The van der Waals surface area contributed by atoms with E-state index in [-0.39, 0.29) is 5.91 Å². The van der Waals surface area contributed by atoms with E-state index in [0.29, 0.717) is 13.2 Å². The van der Waals surface area contributed by atoms with Gasteiger partial charge in [-0.05, 0) is 37.4 Å². The number of carbonyl (C=O) groups is 1. The molecule has 3 rings (SSSR count). The van der Waals surface area contributed by atoms with Crippen LogP contribution in [0.5, 0.6) is 5.75 Å². The largest absolute Gasteiger partial charge is 0.492 e. The highest BCUT2D eigenvalue weighted by Crippen LogP contribution is 2.27. The van der Waals surface area contributed by atoms with Crippen molar-refractivity contribution >= 4 is 5.91 Å². The maximum absolute atomic E-state index is 12.1. The van der Waals surface area contributed by atoms with Crippen LogP contribution in [0.1, 0.15) is 12.8 Å². The molecule has 1 aliphatic heterocycles. The first kappa shape index (κ1) is 16.3. The Bertz CT molecular complexity index is 482. The van der Waals surface area contributed by atoms with Gasteiger partial charge < -0.3 is 15.0 Å². The Morgan fingerprint density at radius 1 is 1.13 bits per heavy atom. The molecule has 0 spiro atoms. The molecule has 0 radical (unpaired) electrons. The number of hydrogen-bond donors (Lipinski definition) is 1. The lowest BCUT2D eigenvalue weighted by Crippen LogP contribution is -2.51. The lowest BCUT2D eigenvalue weighted by atomic mass is 10.3. The number of piperazine rings is 1. The van der Waals surface area contributed by atoms with E-state index in [4.69, 9.17) is 4.74 Å². The van der Waals surface area contributed by atoms with Crippen LogP contribution >= 0.6 is 0 Å². The maximum atomic E-state index is 12.1. The fourth-order valence-corrected chi connectivity index (χ4v) is 2.85. The van der Waals surface area contributed by atoms with Crippen LogP contribution in [0, 0.1) is 5.92 Å². The van der Waals surface area contributed by atoms with Crippen molar-refractivity contribution in [2.45, 2.75) is 12.8 Å². The summed E-state index contributed by atoms with van der Waals surface area (Å²) in [5.41, 5.74) is 0. The van der Waals surface area contributed by atoms with Crippen LogP contribution < -0.4 is 10.1 Å². The standard InChI is InChI=1S/C18H27N3O2/c22-18(15-19-14-16-6-7-16)21-10-8-20(9-11-21)12-13-23-17-4-2-1-3-5-17/h1-5,16,19H,6-15H2. The molecule has 0 aromatic heterocycles. The molecule has 0 unspecified atom stereocenters. The van der Waals surface area contributed by atoms with E-state index in [1.807, 2.05) is 35.2 Å². The molecular formula is C18H27N3O2. The third-order valence-corrected chi connectivity index (χ3v) is 4.55. The zero-order chi connectivity index (χ0) is 15.9. The Kier molecular flexibility index (Phi) is 5.88. The SMILES string of the molecule is O=C(CNCC1CC1)N1CCN(CCOc2ccccc2)CC1. The van der Waals surface area contributed by atoms with E-state index in [2.05, 4.69) is 10.2 Å². The number of rotatable bonds is 8. The lowest BCUT2D eigenvalue weighted by molar-refractivity contribution is -0.132. The summed E-state index contributed by atoms with van der Waals surface area (Å²) in [4.78, 5) is 16.5. The van der Waals surface area contributed by atoms with Gasteiger partial charge in [0.2, 0.25) is 5.91 Å². The van der Waals surface area contributed by atoms with Gasteiger partial charge in [0, 0.05) is 32.7 Å². The Balaban J connectivity index is 1.28. The summed E-state index contributed by atoms with van der Waals surface area (Å²) in [6, 6.07) is 9.91. The van der Waals surface area contributed by atoms with Crippen molar-refractivity contribution in [2.24, 2.45) is 5.92 Å². The number of hydrogen-bond acceptors (Lipinski definition) is 4. The van der Waals surface area contributed by atoms with Gasteiger partial charge >= 0.3 is 0 Å². The minimum absolute atomic E-state index is 0.242. The minimum atomic E-state index is 0.242. The van der Waals surface area contributed by atoms with E-state index in [9.17, 15) is 4.79 Å². The predicted octanol–water partition coefficient (Wildman–Crippen LogP) is 1.21. The fourth-order valence-electron chi connectivity index (χ4n) is 2.85. The zero-order valence-electron chi connectivity index (χ0n) is 13.7. The Labute approximate surface area is 138 Å². The third-order valence-electron chi connectivity index (χ3n) is 4.55. The first-order valence-corrected chi connectivity index (χ1v) is 8.70. The van der Waals surface area contributed by atoms with Gasteiger partial charge in [-0.15, -0.1) is 0 Å².